The Morgan fingerprint density at radius 3 is 2.41 bits per heavy atom. The number of carbonyl (C=O) groups excluding carboxylic acids is 2. The summed E-state index contributed by atoms with van der Waals surface area (Å²) >= 11 is 5.79. The van der Waals surface area contributed by atoms with E-state index in [2.05, 4.69) is 10.6 Å². The fourth-order valence-corrected chi connectivity index (χ4v) is 1.77. The van der Waals surface area contributed by atoms with Gasteiger partial charge in [0.1, 0.15) is 11.8 Å². The van der Waals surface area contributed by atoms with Crippen molar-refractivity contribution in [1.29, 1.82) is 0 Å². The zero-order valence-corrected chi connectivity index (χ0v) is 13.4. The molecule has 0 aliphatic carbocycles. The largest absolute Gasteiger partial charge is 0.480 e. The highest BCUT2D eigenvalue weighted by Crippen LogP contribution is 2.18. The lowest BCUT2D eigenvalue weighted by molar-refractivity contribution is -0.141. The molecule has 0 spiro atoms. The summed E-state index contributed by atoms with van der Waals surface area (Å²) in [7, 11) is 0. The first-order valence-corrected chi connectivity index (χ1v) is 7.06. The van der Waals surface area contributed by atoms with E-state index in [1.54, 1.807) is 39.0 Å². The van der Waals surface area contributed by atoms with Crippen LogP contribution >= 0.6 is 11.6 Å². The number of carboxylic acid groups (broad SMARTS) is 1. The normalized spacial score (nSPS) is 12.4. The van der Waals surface area contributed by atoms with Crippen molar-refractivity contribution in [2.24, 2.45) is 5.41 Å². The van der Waals surface area contributed by atoms with Crippen molar-refractivity contribution in [2.75, 3.05) is 5.32 Å². The molecule has 0 heterocycles. The third-order valence-electron chi connectivity index (χ3n) is 2.91. The molecule has 1 rings (SSSR count). The number of hydrogen-bond donors (Lipinski definition) is 3. The zero-order chi connectivity index (χ0) is 16.9. The van der Waals surface area contributed by atoms with Crippen molar-refractivity contribution in [3.05, 3.63) is 29.3 Å². The molecular formula is C15H19ClN2O4. The molecule has 0 fully saturated rings. The van der Waals surface area contributed by atoms with Crippen molar-refractivity contribution in [3.63, 3.8) is 0 Å². The number of rotatable bonds is 5. The molecule has 1 aromatic carbocycles. The molecule has 0 aliphatic rings. The molecule has 0 bridgehead atoms. The Morgan fingerprint density at radius 1 is 1.27 bits per heavy atom. The minimum Gasteiger partial charge on any atom is -0.480 e. The first-order valence-electron chi connectivity index (χ1n) is 6.69. The topological polar surface area (TPSA) is 95.5 Å². The number of hydrogen-bond acceptors (Lipinski definition) is 3. The molecule has 2 amide bonds. The summed E-state index contributed by atoms with van der Waals surface area (Å²) in [6.45, 7) is 5.08. The highest BCUT2D eigenvalue weighted by atomic mass is 35.5. The molecule has 0 saturated carbocycles. The smallest absolute Gasteiger partial charge is 0.326 e. The number of ketones is 1. The van der Waals surface area contributed by atoms with Crippen LogP contribution in [0.3, 0.4) is 0 Å². The Balaban J connectivity index is 2.69. The van der Waals surface area contributed by atoms with Crippen molar-refractivity contribution in [1.82, 2.24) is 5.32 Å². The number of carboxylic acids is 1. The van der Waals surface area contributed by atoms with Gasteiger partial charge in [0.25, 0.3) is 0 Å². The summed E-state index contributed by atoms with van der Waals surface area (Å²) in [5.74, 6) is -1.51. The standard InChI is InChI=1S/C15H19ClN2O4/c1-15(2,3)12(19)8-11(13(20)21)18-14(22)17-10-6-4-5-9(16)7-10/h4-7,11H,8H2,1-3H3,(H,20,21)(H2,17,18,22). The minimum absolute atomic E-state index is 0.247. The maximum atomic E-state index is 11.9. The monoisotopic (exact) mass is 326 g/mol. The Labute approximate surface area is 133 Å². The van der Waals surface area contributed by atoms with Gasteiger partial charge in [0, 0.05) is 22.5 Å². The highest BCUT2D eigenvalue weighted by molar-refractivity contribution is 6.30. The van der Waals surface area contributed by atoms with Crippen LogP contribution in [0, 0.1) is 5.41 Å². The van der Waals surface area contributed by atoms with Crippen molar-refractivity contribution >= 4 is 35.1 Å². The summed E-state index contributed by atoms with van der Waals surface area (Å²) in [6.07, 6.45) is -0.276. The van der Waals surface area contributed by atoms with E-state index in [1.165, 1.54) is 6.07 Å². The fraction of sp³-hybridized carbons (Fsp3) is 0.400. The lowest BCUT2D eigenvalue weighted by atomic mass is 9.87. The molecule has 1 atom stereocenters. The molecule has 3 N–H and O–H groups in total. The van der Waals surface area contributed by atoms with Crippen molar-refractivity contribution in [2.45, 2.75) is 33.2 Å². The molecule has 6 nitrogen and oxygen atoms in total. The van der Waals surface area contributed by atoms with E-state index in [1.807, 2.05) is 0 Å². The van der Waals surface area contributed by atoms with Gasteiger partial charge in [-0.1, -0.05) is 38.4 Å². The van der Waals surface area contributed by atoms with E-state index >= 15 is 0 Å². The minimum atomic E-state index is -1.29. The predicted octanol–water partition coefficient (Wildman–Crippen LogP) is 2.92. The molecule has 0 aromatic heterocycles. The van der Waals surface area contributed by atoms with Crippen LogP contribution in [0.1, 0.15) is 27.2 Å². The molecule has 0 aliphatic heterocycles. The van der Waals surface area contributed by atoms with Gasteiger partial charge in [0.2, 0.25) is 0 Å². The first-order chi connectivity index (χ1) is 10.1. The second-order valence-corrected chi connectivity index (χ2v) is 6.31. The SMILES string of the molecule is CC(C)(C)C(=O)CC(NC(=O)Nc1cccc(Cl)c1)C(=O)O. The van der Waals surface area contributed by atoms with E-state index in [-0.39, 0.29) is 12.2 Å². The number of anilines is 1. The summed E-state index contributed by atoms with van der Waals surface area (Å²) in [6, 6.07) is 4.43. The summed E-state index contributed by atoms with van der Waals surface area (Å²) < 4.78 is 0. The van der Waals surface area contributed by atoms with Crippen molar-refractivity contribution < 1.29 is 19.5 Å². The van der Waals surface area contributed by atoms with Crippen LogP contribution in [-0.2, 0) is 9.59 Å². The molecule has 22 heavy (non-hydrogen) atoms. The van der Waals surface area contributed by atoms with E-state index in [0.29, 0.717) is 10.7 Å². The predicted molar refractivity (Wildman–Crippen MR) is 84.1 cm³/mol. The van der Waals surface area contributed by atoms with Gasteiger partial charge in [0.05, 0.1) is 0 Å². The average molecular weight is 327 g/mol. The third kappa shape index (κ3) is 5.73. The van der Waals surface area contributed by atoms with E-state index in [9.17, 15) is 14.4 Å². The number of benzene rings is 1. The van der Waals surface area contributed by atoms with Crippen LogP contribution in [0.4, 0.5) is 10.5 Å². The first kappa shape index (κ1) is 18.0. The maximum Gasteiger partial charge on any atom is 0.326 e. The Hall–Kier alpha value is -2.08. The molecule has 7 heteroatoms. The van der Waals surface area contributed by atoms with Crippen LogP contribution in [0.5, 0.6) is 0 Å². The van der Waals surface area contributed by atoms with Crippen LogP contribution < -0.4 is 10.6 Å². The van der Waals surface area contributed by atoms with Crippen LogP contribution in [0.2, 0.25) is 5.02 Å². The van der Waals surface area contributed by atoms with E-state index < -0.39 is 23.5 Å². The molecular weight excluding hydrogens is 308 g/mol. The average Bonchev–Trinajstić information content (AvgIpc) is 2.36. The van der Waals surface area contributed by atoms with Gasteiger partial charge in [-0.25, -0.2) is 9.59 Å². The quantitative estimate of drug-likeness (QED) is 0.775. The third-order valence-corrected chi connectivity index (χ3v) is 3.15. The maximum absolute atomic E-state index is 11.9. The Morgan fingerprint density at radius 2 is 1.91 bits per heavy atom. The van der Waals surface area contributed by atoms with Gasteiger partial charge in [-0.05, 0) is 18.2 Å². The highest BCUT2D eigenvalue weighted by Gasteiger charge is 2.29. The molecule has 0 radical (unpaired) electrons. The zero-order valence-electron chi connectivity index (χ0n) is 12.6. The number of carbonyl (C=O) groups is 3. The summed E-state index contributed by atoms with van der Waals surface area (Å²) in [5, 5.41) is 14.3. The van der Waals surface area contributed by atoms with Crippen molar-refractivity contribution in [3.8, 4) is 0 Å². The molecule has 0 saturated heterocycles. The van der Waals surface area contributed by atoms with Gasteiger partial charge in [0.15, 0.2) is 0 Å². The fourth-order valence-electron chi connectivity index (χ4n) is 1.58. The molecule has 1 aromatic rings. The Kier molecular flexibility index (Phi) is 5.93. The van der Waals surface area contributed by atoms with Gasteiger partial charge < -0.3 is 15.7 Å². The number of nitrogens with one attached hydrogen (secondary N) is 2. The number of Topliss-reactive ketones (excluding diaryl/α,β-unsaturated/α-hetero) is 1. The Bertz CT molecular complexity index is 581. The van der Waals surface area contributed by atoms with E-state index in [0.717, 1.165) is 0 Å². The number of aliphatic carboxylic acids is 1. The van der Waals surface area contributed by atoms with E-state index in [4.69, 9.17) is 16.7 Å². The van der Waals surface area contributed by atoms with Crippen LogP contribution in [-0.4, -0.2) is 28.9 Å². The van der Waals surface area contributed by atoms with Crippen LogP contribution in [0.15, 0.2) is 24.3 Å². The van der Waals surface area contributed by atoms with Gasteiger partial charge in [-0.15, -0.1) is 0 Å². The second-order valence-electron chi connectivity index (χ2n) is 5.88. The molecule has 1 unspecified atom stereocenters. The van der Waals surface area contributed by atoms with Gasteiger partial charge in [-0.2, -0.15) is 0 Å². The molecule has 120 valence electrons. The number of amides is 2. The number of urea groups is 1. The summed E-state index contributed by atoms with van der Waals surface area (Å²) in [5.41, 5.74) is -0.241. The van der Waals surface area contributed by atoms with Gasteiger partial charge in [-0.3, -0.25) is 4.79 Å². The van der Waals surface area contributed by atoms with Crippen LogP contribution in [0.25, 0.3) is 0 Å². The summed E-state index contributed by atoms with van der Waals surface area (Å²) in [4.78, 5) is 34.9. The van der Waals surface area contributed by atoms with Gasteiger partial charge >= 0.3 is 12.0 Å². The lowest BCUT2D eigenvalue weighted by Gasteiger charge is -2.20. The lowest BCUT2D eigenvalue weighted by Crippen LogP contribution is -2.45. The number of halogens is 1. The second kappa shape index (κ2) is 7.26.